The van der Waals surface area contributed by atoms with E-state index in [2.05, 4.69) is 0 Å². The molecule has 2 aromatic carbocycles. The van der Waals surface area contributed by atoms with Crippen LogP contribution in [0.25, 0.3) is 0 Å². The highest BCUT2D eigenvalue weighted by Gasteiger charge is 2.26. The number of benzene rings is 2. The SMILES string of the molecule is Fc1c(F)c(F)c(SOc2ccccc2)c(F)c1F. The standard InChI is InChI=1S/C12H5F5OS/c13-7-8(14)10(16)12(11(17)9(7)15)19-18-6-4-2-1-3-5-6/h1-5H. The molecule has 100 valence electrons. The number of hydrogen-bond donors (Lipinski definition) is 0. The highest BCUT2D eigenvalue weighted by Crippen LogP contribution is 2.32. The van der Waals surface area contributed by atoms with Gasteiger partial charge in [-0.3, -0.25) is 0 Å². The van der Waals surface area contributed by atoms with Crippen LogP contribution >= 0.6 is 12.0 Å². The third-order valence-electron chi connectivity index (χ3n) is 2.13. The number of halogens is 5. The van der Waals surface area contributed by atoms with Crippen molar-refractivity contribution in [1.29, 1.82) is 0 Å². The van der Waals surface area contributed by atoms with Crippen molar-refractivity contribution in [2.75, 3.05) is 0 Å². The largest absolute Gasteiger partial charge is 0.420 e. The van der Waals surface area contributed by atoms with Crippen LogP contribution in [0.4, 0.5) is 22.0 Å². The lowest BCUT2D eigenvalue weighted by Crippen LogP contribution is -2.03. The van der Waals surface area contributed by atoms with E-state index in [9.17, 15) is 22.0 Å². The first-order valence-electron chi connectivity index (χ1n) is 4.93. The van der Waals surface area contributed by atoms with Gasteiger partial charge in [0.05, 0.1) is 12.0 Å². The molecule has 0 heterocycles. The van der Waals surface area contributed by atoms with E-state index in [4.69, 9.17) is 4.18 Å². The molecular formula is C12H5F5OS. The first kappa shape index (κ1) is 13.7. The van der Waals surface area contributed by atoms with Crippen LogP contribution in [0.5, 0.6) is 5.75 Å². The first-order chi connectivity index (χ1) is 9.02. The third kappa shape index (κ3) is 2.65. The van der Waals surface area contributed by atoms with Crippen molar-refractivity contribution in [3.05, 3.63) is 59.4 Å². The van der Waals surface area contributed by atoms with E-state index in [0.29, 0.717) is 0 Å². The molecule has 0 aliphatic heterocycles. The summed E-state index contributed by atoms with van der Waals surface area (Å²) in [5, 5.41) is 0. The molecule has 0 aromatic heterocycles. The minimum absolute atomic E-state index is 0.0671. The maximum absolute atomic E-state index is 13.3. The van der Waals surface area contributed by atoms with Crippen LogP contribution in [-0.2, 0) is 0 Å². The zero-order valence-electron chi connectivity index (χ0n) is 9.09. The summed E-state index contributed by atoms with van der Waals surface area (Å²) < 4.78 is 70.0. The summed E-state index contributed by atoms with van der Waals surface area (Å²) in [7, 11) is 0. The van der Waals surface area contributed by atoms with E-state index in [-0.39, 0.29) is 17.8 Å². The molecule has 0 aliphatic rings. The molecule has 1 nitrogen and oxygen atoms in total. The maximum Gasteiger partial charge on any atom is 0.200 e. The van der Waals surface area contributed by atoms with Crippen LogP contribution in [0.15, 0.2) is 35.2 Å². The topological polar surface area (TPSA) is 9.23 Å². The summed E-state index contributed by atoms with van der Waals surface area (Å²) in [6.45, 7) is 0. The van der Waals surface area contributed by atoms with Gasteiger partial charge in [0.2, 0.25) is 5.82 Å². The lowest BCUT2D eigenvalue weighted by molar-refractivity contribution is 0.359. The van der Waals surface area contributed by atoms with Gasteiger partial charge in [-0.15, -0.1) is 0 Å². The normalized spacial score (nSPS) is 10.6. The van der Waals surface area contributed by atoms with E-state index in [1.165, 1.54) is 12.1 Å². The minimum atomic E-state index is -2.20. The van der Waals surface area contributed by atoms with Crippen LogP contribution in [-0.4, -0.2) is 0 Å². The van der Waals surface area contributed by atoms with E-state index >= 15 is 0 Å². The summed E-state index contributed by atoms with van der Waals surface area (Å²) in [4.78, 5) is -1.08. The van der Waals surface area contributed by atoms with Gasteiger partial charge >= 0.3 is 0 Å². The Hall–Kier alpha value is -1.76. The predicted molar refractivity (Wildman–Crippen MR) is 59.2 cm³/mol. The van der Waals surface area contributed by atoms with Gasteiger partial charge in [-0.25, -0.2) is 22.0 Å². The molecule has 0 saturated carbocycles. The van der Waals surface area contributed by atoms with Gasteiger partial charge < -0.3 is 4.18 Å². The highest BCUT2D eigenvalue weighted by molar-refractivity contribution is 7.95. The Balaban J connectivity index is 2.31. The second-order valence-electron chi connectivity index (χ2n) is 3.38. The molecule has 0 amide bonds. The summed E-state index contributed by atoms with van der Waals surface area (Å²) >= 11 is 0.0671. The summed E-state index contributed by atoms with van der Waals surface area (Å²) in [5.41, 5.74) is 0. The van der Waals surface area contributed by atoms with Crippen molar-refractivity contribution in [2.24, 2.45) is 0 Å². The molecule has 0 unspecified atom stereocenters. The van der Waals surface area contributed by atoms with Crippen LogP contribution in [0.1, 0.15) is 0 Å². The molecule has 0 spiro atoms. The maximum atomic E-state index is 13.3. The Morgan fingerprint density at radius 1 is 0.684 bits per heavy atom. The van der Waals surface area contributed by atoms with E-state index < -0.39 is 34.0 Å². The molecule has 0 N–H and O–H groups in total. The van der Waals surface area contributed by atoms with Crippen molar-refractivity contribution < 1.29 is 26.1 Å². The van der Waals surface area contributed by atoms with Gasteiger partial charge in [-0.05, 0) is 12.1 Å². The molecule has 0 atom stereocenters. The average Bonchev–Trinajstić information content (AvgIpc) is 2.44. The van der Waals surface area contributed by atoms with Crippen molar-refractivity contribution >= 4 is 12.0 Å². The zero-order chi connectivity index (χ0) is 14.0. The van der Waals surface area contributed by atoms with Crippen LogP contribution in [0, 0.1) is 29.1 Å². The fourth-order valence-electron chi connectivity index (χ4n) is 1.22. The average molecular weight is 292 g/mol. The molecule has 0 aliphatic carbocycles. The van der Waals surface area contributed by atoms with Gasteiger partial charge in [-0.2, -0.15) is 0 Å². The predicted octanol–water partition coefficient (Wildman–Crippen LogP) is 4.47. The molecule has 0 fully saturated rings. The number of rotatable bonds is 3. The minimum Gasteiger partial charge on any atom is -0.420 e. The number of hydrogen-bond acceptors (Lipinski definition) is 2. The summed E-state index contributed by atoms with van der Waals surface area (Å²) in [6, 6.07) is 7.80. The second kappa shape index (κ2) is 5.48. The Kier molecular flexibility index (Phi) is 3.94. The Morgan fingerprint density at radius 3 is 1.68 bits per heavy atom. The van der Waals surface area contributed by atoms with Crippen molar-refractivity contribution in [3.8, 4) is 5.75 Å². The van der Waals surface area contributed by atoms with E-state index in [1.54, 1.807) is 18.2 Å². The molecule has 0 bridgehead atoms. The highest BCUT2D eigenvalue weighted by atomic mass is 32.2. The van der Waals surface area contributed by atoms with Gasteiger partial charge in [0, 0.05) is 0 Å². The van der Waals surface area contributed by atoms with Crippen molar-refractivity contribution in [1.82, 2.24) is 0 Å². The molecule has 2 rings (SSSR count). The fourth-order valence-corrected chi connectivity index (χ4v) is 1.84. The van der Waals surface area contributed by atoms with Crippen molar-refractivity contribution in [2.45, 2.75) is 4.90 Å². The van der Waals surface area contributed by atoms with Gasteiger partial charge in [0.1, 0.15) is 10.6 Å². The molecular weight excluding hydrogens is 287 g/mol. The number of para-hydroxylation sites is 1. The Morgan fingerprint density at radius 2 is 1.16 bits per heavy atom. The van der Waals surface area contributed by atoms with Crippen LogP contribution in [0.3, 0.4) is 0 Å². The van der Waals surface area contributed by atoms with E-state index in [1.807, 2.05) is 0 Å². The Labute approximate surface area is 109 Å². The van der Waals surface area contributed by atoms with Gasteiger partial charge in [-0.1, -0.05) is 18.2 Å². The second-order valence-corrected chi connectivity index (χ2v) is 4.12. The first-order valence-corrected chi connectivity index (χ1v) is 5.67. The lowest BCUT2D eigenvalue weighted by Gasteiger charge is -2.07. The third-order valence-corrected chi connectivity index (χ3v) is 2.93. The molecule has 19 heavy (non-hydrogen) atoms. The monoisotopic (exact) mass is 292 g/mol. The fraction of sp³-hybridized carbons (Fsp3) is 0. The van der Waals surface area contributed by atoms with Crippen molar-refractivity contribution in [3.63, 3.8) is 0 Å². The zero-order valence-corrected chi connectivity index (χ0v) is 9.91. The molecule has 2 aromatic rings. The molecule has 0 saturated heterocycles. The summed E-state index contributed by atoms with van der Waals surface area (Å²) in [5.74, 6) is -9.82. The smallest absolute Gasteiger partial charge is 0.200 e. The summed E-state index contributed by atoms with van der Waals surface area (Å²) in [6.07, 6.45) is 0. The Bertz CT molecular complexity index is 574. The van der Waals surface area contributed by atoms with Crippen LogP contribution < -0.4 is 4.18 Å². The lowest BCUT2D eigenvalue weighted by atomic mass is 10.3. The van der Waals surface area contributed by atoms with Gasteiger partial charge in [0.15, 0.2) is 23.3 Å². The van der Waals surface area contributed by atoms with Gasteiger partial charge in [0.25, 0.3) is 0 Å². The van der Waals surface area contributed by atoms with Crippen LogP contribution in [0.2, 0.25) is 0 Å². The molecule has 7 heteroatoms. The quantitative estimate of drug-likeness (QED) is 0.357. The van der Waals surface area contributed by atoms with E-state index in [0.717, 1.165) is 0 Å². The molecule has 0 radical (unpaired) electrons.